The number of hydrogen-bond donors (Lipinski definition) is 0. The molecule has 0 radical (unpaired) electrons. The SMILES string of the molecule is CON(C)C(=O)C(O[Si](C)(C)C(C)(C)C)c1ccc(Br)cc1. The van der Waals surface area contributed by atoms with Crippen molar-refractivity contribution in [1.29, 1.82) is 0 Å². The quantitative estimate of drug-likeness (QED) is 0.550. The highest BCUT2D eigenvalue weighted by atomic mass is 79.9. The largest absolute Gasteiger partial charge is 0.401 e. The molecule has 0 aliphatic carbocycles. The van der Waals surface area contributed by atoms with Gasteiger partial charge in [-0.25, -0.2) is 5.06 Å². The van der Waals surface area contributed by atoms with E-state index < -0.39 is 14.4 Å². The number of nitrogens with zero attached hydrogens (tertiary/aromatic N) is 1. The van der Waals surface area contributed by atoms with Crippen LogP contribution >= 0.6 is 15.9 Å². The van der Waals surface area contributed by atoms with Gasteiger partial charge in [0.05, 0.1) is 7.11 Å². The molecule has 6 heteroatoms. The molecular weight excluding hydrogens is 362 g/mol. The van der Waals surface area contributed by atoms with E-state index in [0.717, 1.165) is 10.0 Å². The van der Waals surface area contributed by atoms with Crippen molar-refractivity contribution in [3.63, 3.8) is 0 Å². The molecule has 0 aliphatic heterocycles. The number of rotatable bonds is 5. The van der Waals surface area contributed by atoms with E-state index in [1.807, 2.05) is 24.3 Å². The van der Waals surface area contributed by atoms with E-state index in [2.05, 4.69) is 49.8 Å². The third-order valence-electron chi connectivity index (χ3n) is 4.20. The van der Waals surface area contributed by atoms with Crippen molar-refractivity contribution in [2.75, 3.05) is 14.2 Å². The molecule has 0 aromatic heterocycles. The van der Waals surface area contributed by atoms with E-state index in [9.17, 15) is 4.79 Å². The van der Waals surface area contributed by atoms with Gasteiger partial charge in [-0.2, -0.15) is 0 Å². The molecule has 0 heterocycles. The van der Waals surface area contributed by atoms with Crippen LogP contribution in [0.25, 0.3) is 0 Å². The number of carbonyl (C=O) groups is 1. The number of amides is 1. The first-order valence-corrected chi connectivity index (χ1v) is 10.9. The van der Waals surface area contributed by atoms with Gasteiger partial charge in [0.2, 0.25) is 0 Å². The molecule has 0 fully saturated rings. The van der Waals surface area contributed by atoms with Crippen LogP contribution in [-0.4, -0.2) is 33.4 Å². The molecule has 22 heavy (non-hydrogen) atoms. The molecule has 0 saturated heterocycles. The van der Waals surface area contributed by atoms with Gasteiger partial charge in [-0.3, -0.25) is 9.63 Å². The van der Waals surface area contributed by atoms with Crippen LogP contribution in [0.2, 0.25) is 18.1 Å². The van der Waals surface area contributed by atoms with E-state index in [0.29, 0.717) is 0 Å². The zero-order chi connectivity index (χ0) is 17.1. The van der Waals surface area contributed by atoms with Crippen LogP contribution in [0.4, 0.5) is 0 Å². The number of halogens is 1. The zero-order valence-corrected chi connectivity index (χ0v) is 17.0. The van der Waals surface area contributed by atoms with Crippen LogP contribution < -0.4 is 0 Å². The first-order valence-electron chi connectivity index (χ1n) is 7.24. The highest BCUT2D eigenvalue weighted by molar-refractivity contribution is 9.10. The number of hydrogen-bond acceptors (Lipinski definition) is 3. The Labute approximate surface area is 143 Å². The molecule has 0 spiro atoms. The second-order valence-corrected chi connectivity index (χ2v) is 12.5. The lowest BCUT2D eigenvalue weighted by Gasteiger charge is -2.39. The standard InChI is InChI=1S/C16H26BrNO3Si/c1-16(2,3)22(6,7)21-14(15(19)18(4)20-5)12-8-10-13(17)11-9-12/h8-11,14H,1-7H3. The highest BCUT2D eigenvalue weighted by Crippen LogP contribution is 2.40. The molecule has 1 amide bonds. The summed E-state index contributed by atoms with van der Waals surface area (Å²) in [7, 11) is 0.975. The molecule has 0 bridgehead atoms. The Morgan fingerprint density at radius 2 is 1.73 bits per heavy atom. The Morgan fingerprint density at radius 1 is 1.23 bits per heavy atom. The summed E-state index contributed by atoms with van der Waals surface area (Å²) in [4.78, 5) is 17.7. The average molecular weight is 388 g/mol. The molecule has 0 saturated carbocycles. The van der Waals surface area contributed by atoms with Crippen LogP contribution in [0.15, 0.2) is 28.7 Å². The van der Waals surface area contributed by atoms with Crippen molar-refractivity contribution in [2.24, 2.45) is 0 Å². The van der Waals surface area contributed by atoms with Gasteiger partial charge in [-0.15, -0.1) is 0 Å². The normalized spacial score (nSPS) is 13.8. The molecule has 0 aliphatic rings. The number of hydroxylamine groups is 2. The summed E-state index contributed by atoms with van der Waals surface area (Å²) in [6.07, 6.45) is -0.654. The maximum absolute atomic E-state index is 12.7. The number of carbonyl (C=O) groups excluding carboxylic acids is 1. The van der Waals surface area contributed by atoms with Crippen LogP contribution in [0.3, 0.4) is 0 Å². The summed E-state index contributed by atoms with van der Waals surface area (Å²) in [5, 5.41) is 1.24. The predicted octanol–water partition coefficient (Wildman–Crippen LogP) is 4.53. The van der Waals surface area contributed by atoms with Crippen molar-refractivity contribution >= 4 is 30.2 Å². The van der Waals surface area contributed by atoms with Gasteiger partial charge >= 0.3 is 0 Å². The molecule has 1 aromatic rings. The van der Waals surface area contributed by atoms with Crippen LogP contribution in [0.5, 0.6) is 0 Å². The topological polar surface area (TPSA) is 38.8 Å². The minimum atomic E-state index is -2.10. The van der Waals surface area contributed by atoms with Gasteiger partial charge in [-0.1, -0.05) is 48.8 Å². The third kappa shape index (κ3) is 4.65. The second-order valence-electron chi connectivity index (χ2n) is 6.83. The average Bonchev–Trinajstić information content (AvgIpc) is 2.43. The molecule has 4 nitrogen and oxygen atoms in total. The van der Waals surface area contributed by atoms with Crippen molar-refractivity contribution < 1.29 is 14.1 Å². The van der Waals surface area contributed by atoms with Gasteiger partial charge in [0.25, 0.3) is 5.91 Å². The lowest BCUT2D eigenvalue weighted by molar-refractivity contribution is -0.177. The van der Waals surface area contributed by atoms with Gasteiger partial charge < -0.3 is 4.43 Å². The fraction of sp³-hybridized carbons (Fsp3) is 0.562. The molecule has 1 aromatic carbocycles. The Kier molecular flexibility index (Phi) is 6.38. The Hall–Kier alpha value is -0.693. The van der Waals surface area contributed by atoms with E-state index in [1.54, 1.807) is 7.05 Å². The van der Waals surface area contributed by atoms with E-state index in [-0.39, 0.29) is 10.9 Å². The van der Waals surface area contributed by atoms with Crippen molar-refractivity contribution in [3.05, 3.63) is 34.3 Å². The van der Waals surface area contributed by atoms with Crippen molar-refractivity contribution in [2.45, 2.75) is 45.0 Å². The number of benzene rings is 1. The van der Waals surface area contributed by atoms with Gasteiger partial charge in [-0.05, 0) is 35.8 Å². The van der Waals surface area contributed by atoms with E-state index in [1.165, 1.54) is 12.2 Å². The van der Waals surface area contributed by atoms with Crippen molar-refractivity contribution in [3.8, 4) is 0 Å². The zero-order valence-electron chi connectivity index (χ0n) is 14.4. The second kappa shape index (κ2) is 7.25. The molecule has 1 rings (SSSR count). The Bertz CT molecular complexity index is 511. The fourth-order valence-corrected chi connectivity index (χ4v) is 3.07. The van der Waals surface area contributed by atoms with Gasteiger partial charge in [0.1, 0.15) is 0 Å². The lowest BCUT2D eigenvalue weighted by atomic mass is 10.1. The predicted molar refractivity (Wildman–Crippen MR) is 94.9 cm³/mol. The van der Waals surface area contributed by atoms with Gasteiger partial charge in [0, 0.05) is 11.5 Å². The minimum absolute atomic E-state index is 0.0204. The maximum Gasteiger partial charge on any atom is 0.278 e. The summed E-state index contributed by atoms with van der Waals surface area (Å²) < 4.78 is 7.33. The molecular formula is C16H26BrNO3Si. The number of likely N-dealkylation sites (N-methyl/N-ethyl adjacent to an activating group) is 1. The molecule has 1 atom stereocenters. The third-order valence-corrected chi connectivity index (χ3v) is 9.17. The first-order chi connectivity index (χ1) is 9.99. The first kappa shape index (κ1) is 19.4. The Morgan fingerprint density at radius 3 is 2.14 bits per heavy atom. The summed E-state index contributed by atoms with van der Waals surface area (Å²) in [5.74, 6) is -0.199. The highest BCUT2D eigenvalue weighted by Gasteiger charge is 2.41. The molecule has 124 valence electrons. The lowest BCUT2D eigenvalue weighted by Crippen LogP contribution is -2.45. The van der Waals surface area contributed by atoms with Crippen LogP contribution in [-0.2, 0) is 14.1 Å². The van der Waals surface area contributed by atoms with E-state index >= 15 is 0 Å². The van der Waals surface area contributed by atoms with Crippen LogP contribution in [0, 0.1) is 0 Å². The summed E-state index contributed by atoms with van der Waals surface area (Å²) in [6, 6.07) is 7.64. The summed E-state index contributed by atoms with van der Waals surface area (Å²) in [6.45, 7) is 10.7. The summed E-state index contributed by atoms with van der Waals surface area (Å²) >= 11 is 3.42. The van der Waals surface area contributed by atoms with E-state index in [4.69, 9.17) is 9.26 Å². The fourth-order valence-electron chi connectivity index (χ4n) is 1.63. The maximum atomic E-state index is 12.7. The van der Waals surface area contributed by atoms with Gasteiger partial charge in [0.15, 0.2) is 14.4 Å². The minimum Gasteiger partial charge on any atom is -0.401 e. The Balaban J connectivity index is 3.18. The smallest absolute Gasteiger partial charge is 0.278 e. The van der Waals surface area contributed by atoms with Crippen molar-refractivity contribution in [1.82, 2.24) is 5.06 Å². The van der Waals surface area contributed by atoms with Crippen LogP contribution in [0.1, 0.15) is 32.4 Å². The monoisotopic (exact) mass is 387 g/mol. The molecule has 0 N–H and O–H groups in total. The molecule has 1 unspecified atom stereocenters. The summed E-state index contributed by atoms with van der Waals surface area (Å²) in [5.41, 5.74) is 0.835.